The third-order valence-corrected chi connectivity index (χ3v) is 7.13. The topological polar surface area (TPSA) is 103 Å². The molecule has 186 valence electrons. The minimum Gasteiger partial charge on any atom is -0.488 e. The Morgan fingerprint density at radius 2 is 1.67 bits per heavy atom. The number of nitrogens with one attached hydrogen (secondary N) is 1. The van der Waals surface area contributed by atoms with Crippen LogP contribution < -0.4 is 14.5 Å². The molecule has 0 spiro atoms. The largest absolute Gasteiger partial charge is 0.488 e. The van der Waals surface area contributed by atoms with Gasteiger partial charge in [-0.15, -0.1) is 0 Å². The summed E-state index contributed by atoms with van der Waals surface area (Å²) in [5.41, 5.74) is 2.46. The maximum atomic E-state index is 10.4. The second-order valence-corrected chi connectivity index (χ2v) is 10.5. The van der Waals surface area contributed by atoms with E-state index in [4.69, 9.17) is 4.74 Å². The summed E-state index contributed by atoms with van der Waals surface area (Å²) in [6.45, 7) is 8.97. The summed E-state index contributed by atoms with van der Waals surface area (Å²) in [6, 6.07) is 11.9. The van der Waals surface area contributed by atoms with Gasteiger partial charge in [-0.1, -0.05) is 0 Å². The van der Waals surface area contributed by atoms with E-state index in [2.05, 4.69) is 41.9 Å². The zero-order valence-corrected chi connectivity index (χ0v) is 20.9. The number of fused-ring (bicyclic) bond motifs is 1. The number of H-pyrrole nitrogens is 1. The van der Waals surface area contributed by atoms with Gasteiger partial charge in [-0.05, 0) is 69.5 Å². The molecule has 1 aromatic carbocycles. The first-order valence-corrected chi connectivity index (χ1v) is 12.5. The average molecular weight is 486 g/mol. The van der Waals surface area contributed by atoms with Crippen LogP contribution in [0.25, 0.3) is 22.3 Å². The average Bonchev–Trinajstić information content (AvgIpc) is 3.45. The molecule has 4 heterocycles. The normalized spacial score (nSPS) is 17.4. The lowest BCUT2D eigenvalue weighted by Gasteiger charge is -2.36. The molecular formula is C27H31N7O2. The van der Waals surface area contributed by atoms with Gasteiger partial charge in [0.2, 0.25) is 0 Å². The Bertz CT molecular complexity index is 1400. The van der Waals surface area contributed by atoms with Crippen molar-refractivity contribution in [1.82, 2.24) is 25.1 Å². The molecule has 2 N–H and O–H groups in total. The first-order chi connectivity index (χ1) is 17.3. The number of hydrogen-bond acceptors (Lipinski definition) is 8. The molecule has 1 aliphatic carbocycles. The van der Waals surface area contributed by atoms with Gasteiger partial charge in [0.25, 0.3) is 0 Å². The second-order valence-electron chi connectivity index (χ2n) is 10.5. The fraction of sp³-hybridized carbons (Fsp3) is 0.407. The molecule has 6 rings (SSSR count). The van der Waals surface area contributed by atoms with E-state index in [-0.39, 0.29) is 5.60 Å². The number of aromatic amines is 1. The number of pyridine rings is 1. The van der Waals surface area contributed by atoms with Crippen LogP contribution in [0.2, 0.25) is 0 Å². The van der Waals surface area contributed by atoms with E-state index in [9.17, 15) is 5.11 Å². The number of piperazine rings is 1. The standard InChI is InChI=1S/C27H31N7O2/c1-26(2,35)18-6-9-28-23(14-18)33-10-12-34(13-11-33)24-16-22(29-17-30-24)25-20-15-19(36-27(3)7-8-27)4-5-21(20)31-32-25/h4-6,9,14-17,35H,7-8,10-13H2,1-3H3,(H,31,32). The summed E-state index contributed by atoms with van der Waals surface area (Å²) in [6.07, 6.45) is 5.55. The van der Waals surface area contributed by atoms with E-state index in [1.807, 2.05) is 36.4 Å². The van der Waals surface area contributed by atoms with Gasteiger partial charge in [0, 0.05) is 43.8 Å². The number of nitrogens with zero attached hydrogens (tertiary/aromatic N) is 6. The van der Waals surface area contributed by atoms with Crippen molar-refractivity contribution in [3.63, 3.8) is 0 Å². The van der Waals surface area contributed by atoms with Crippen molar-refractivity contribution in [3.05, 3.63) is 54.5 Å². The molecule has 0 radical (unpaired) electrons. The van der Waals surface area contributed by atoms with E-state index in [0.29, 0.717) is 0 Å². The molecule has 9 nitrogen and oxygen atoms in total. The van der Waals surface area contributed by atoms with Crippen LogP contribution >= 0.6 is 0 Å². The lowest BCUT2D eigenvalue weighted by Crippen LogP contribution is -2.47. The molecule has 1 saturated carbocycles. The SMILES string of the molecule is CC1(Oc2ccc3[nH]nc(-c4cc(N5CCN(c6cc(C(C)(C)O)ccn6)CC5)ncn4)c3c2)CC1. The smallest absolute Gasteiger partial charge is 0.132 e. The highest BCUT2D eigenvalue weighted by Crippen LogP contribution is 2.40. The minimum absolute atomic E-state index is 0.0348. The van der Waals surface area contributed by atoms with E-state index < -0.39 is 5.60 Å². The quantitative estimate of drug-likeness (QED) is 0.424. The third-order valence-electron chi connectivity index (χ3n) is 7.13. The van der Waals surface area contributed by atoms with Crippen LogP contribution in [0.5, 0.6) is 5.75 Å². The third kappa shape index (κ3) is 4.46. The highest BCUT2D eigenvalue weighted by atomic mass is 16.5. The molecule has 1 saturated heterocycles. The van der Waals surface area contributed by atoms with E-state index >= 15 is 0 Å². The van der Waals surface area contributed by atoms with Crippen molar-refractivity contribution in [3.8, 4) is 17.1 Å². The molecule has 1 aliphatic heterocycles. The van der Waals surface area contributed by atoms with Crippen LogP contribution in [0.3, 0.4) is 0 Å². The maximum absolute atomic E-state index is 10.4. The fourth-order valence-corrected chi connectivity index (χ4v) is 4.60. The minimum atomic E-state index is -0.893. The number of benzene rings is 1. The highest BCUT2D eigenvalue weighted by Gasteiger charge is 2.40. The second kappa shape index (κ2) is 8.44. The Morgan fingerprint density at radius 1 is 0.944 bits per heavy atom. The maximum Gasteiger partial charge on any atom is 0.132 e. The Morgan fingerprint density at radius 3 is 2.36 bits per heavy atom. The van der Waals surface area contributed by atoms with Crippen molar-refractivity contribution in [2.75, 3.05) is 36.0 Å². The number of aromatic nitrogens is 5. The van der Waals surface area contributed by atoms with Gasteiger partial charge in [-0.3, -0.25) is 5.10 Å². The van der Waals surface area contributed by atoms with Crippen molar-refractivity contribution in [2.24, 2.45) is 0 Å². The first-order valence-electron chi connectivity index (χ1n) is 12.5. The van der Waals surface area contributed by atoms with Gasteiger partial charge < -0.3 is 19.6 Å². The van der Waals surface area contributed by atoms with Gasteiger partial charge in [0.05, 0.1) is 16.8 Å². The molecule has 0 unspecified atom stereocenters. The highest BCUT2D eigenvalue weighted by molar-refractivity contribution is 5.93. The van der Waals surface area contributed by atoms with Crippen molar-refractivity contribution >= 4 is 22.5 Å². The van der Waals surface area contributed by atoms with E-state index in [1.165, 1.54) is 0 Å². The predicted molar refractivity (Wildman–Crippen MR) is 139 cm³/mol. The van der Waals surface area contributed by atoms with E-state index in [0.717, 1.165) is 84.3 Å². The van der Waals surface area contributed by atoms with Crippen molar-refractivity contribution < 1.29 is 9.84 Å². The molecular weight excluding hydrogens is 454 g/mol. The van der Waals surface area contributed by atoms with Crippen LogP contribution in [-0.4, -0.2) is 62.0 Å². The van der Waals surface area contributed by atoms with Gasteiger partial charge in [-0.25, -0.2) is 15.0 Å². The summed E-state index contributed by atoms with van der Waals surface area (Å²) < 4.78 is 6.17. The Kier molecular flexibility index (Phi) is 5.33. The number of anilines is 2. The van der Waals surface area contributed by atoms with Gasteiger partial charge in [-0.2, -0.15) is 5.10 Å². The van der Waals surface area contributed by atoms with Crippen LogP contribution in [0, 0.1) is 0 Å². The lowest BCUT2D eigenvalue weighted by molar-refractivity contribution is 0.0785. The fourth-order valence-electron chi connectivity index (χ4n) is 4.60. The van der Waals surface area contributed by atoms with Gasteiger partial charge in [0.1, 0.15) is 35.0 Å². The molecule has 0 atom stereocenters. The molecule has 2 fully saturated rings. The number of rotatable bonds is 6. The lowest BCUT2D eigenvalue weighted by atomic mass is 9.99. The summed E-state index contributed by atoms with van der Waals surface area (Å²) >= 11 is 0. The molecule has 2 aliphatic rings. The van der Waals surface area contributed by atoms with Gasteiger partial charge in [0.15, 0.2) is 0 Å². The molecule has 36 heavy (non-hydrogen) atoms. The summed E-state index contributed by atoms with van der Waals surface area (Å²) in [4.78, 5) is 18.1. The zero-order chi connectivity index (χ0) is 24.9. The Balaban J connectivity index is 1.20. The van der Waals surface area contributed by atoms with Crippen LogP contribution in [0.4, 0.5) is 11.6 Å². The van der Waals surface area contributed by atoms with Crippen molar-refractivity contribution in [2.45, 2.75) is 44.8 Å². The summed E-state index contributed by atoms with van der Waals surface area (Å²) in [7, 11) is 0. The number of aliphatic hydroxyl groups is 1. The Labute approximate surface area is 210 Å². The molecule has 9 heteroatoms. The predicted octanol–water partition coefficient (Wildman–Crippen LogP) is 3.90. The Hall–Kier alpha value is -3.72. The van der Waals surface area contributed by atoms with Crippen LogP contribution in [0.1, 0.15) is 39.2 Å². The van der Waals surface area contributed by atoms with Crippen molar-refractivity contribution in [1.29, 1.82) is 0 Å². The first kappa shape index (κ1) is 22.7. The number of hydrogen-bond donors (Lipinski definition) is 2. The molecule has 0 bridgehead atoms. The summed E-state index contributed by atoms with van der Waals surface area (Å²) in [5.74, 6) is 2.63. The number of ether oxygens (including phenoxy) is 1. The van der Waals surface area contributed by atoms with Crippen LogP contribution in [0.15, 0.2) is 48.9 Å². The zero-order valence-electron chi connectivity index (χ0n) is 20.9. The molecule has 3 aromatic heterocycles. The van der Waals surface area contributed by atoms with Gasteiger partial charge >= 0.3 is 0 Å². The molecule has 0 amide bonds. The monoisotopic (exact) mass is 485 g/mol. The summed E-state index contributed by atoms with van der Waals surface area (Å²) in [5, 5.41) is 19.0. The van der Waals surface area contributed by atoms with Crippen LogP contribution in [-0.2, 0) is 5.60 Å². The van der Waals surface area contributed by atoms with E-state index in [1.54, 1.807) is 26.4 Å². The molecule has 4 aromatic rings.